The number of nitriles is 1. The fraction of sp³-hybridized carbons (Fsp3) is 0.467. The minimum absolute atomic E-state index is 0.101. The fourth-order valence-electron chi connectivity index (χ4n) is 2.40. The Labute approximate surface area is 114 Å². The lowest BCUT2D eigenvalue weighted by Gasteiger charge is -2.26. The molecule has 0 spiro atoms. The molecule has 1 aromatic carbocycles. The maximum Gasteiger partial charge on any atom is 0.238 e. The van der Waals surface area contributed by atoms with E-state index in [0.717, 1.165) is 25.3 Å². The Balaban J connectivity index is 1.94. The van der Waals surface area contributed by atoms with Crippen LogP contribution in [0.1, 0.15) is 31.2 Å². The van der Waals surface area contributed by atoms with Crippen molar-refractivity contribution in [3.05, 3.63) is 29.8 Å². The maximum absolute atomic E-state index is 11.4. The van der Waals surface area contributed by atoms with Crippen molar-refractivity contribution in [3.8, 4) is 6.07 Å². The number of nitrogens with one attached hydrogen (secondary N) is 1. The van der Waals surface area contributed by atoms with Crippen LogP contribution in [0.2, 0.25) is 0 Å². The number of benzene rings is 1. The molecule has 0 unspecified atom stereocenters. The Morgan fingerprint density at radius 2 is 2.11 bits per heavy atom. The zero-order valence-corrected chi connectivity index (χ0v) is 11.1. The predicted octanol–water partition coefficient (Wildman–Crippen LogP) is 2.52. The second-order valence-corrected chi connectivity index (χ2v) is 4.92. The highest BCUT2D eigenvalue weighted by Crippen LogP contribution is 2.16. The van der Waals surface area contributed by atoms with E-state index in [2.05, 4.69) is 16.3 Å². The van der Waals surface area contributed by atoms with Crippen LogP contribution in [-0.4, -0.2) is 23.9 Å². The molecule has 0 bridgehead atoms. The van der Waals surface area contributed by atoms with E-state index in [0.29, 0.717) is 0 Å². The van der Waals surface area contributed by atoms with Crippen LogP contribution >= 0.6 is 0 Å². The first-order valence-corrected chi connectivity index (χ1v) is 6.76. The maximum atomic E-state index is 11.4. The summed E-state index contributed by atoms with van der Waals surface area (Å²) in [5.74, 6) is -0.252. The number of rotatable bonds is 4. The van der Waals surface area contributed by atoms with Crippen molar-refractivity contribution in [1.82, 2.24) is 4.90 Å². The summed E-state index contributed by atoms with van der Waals surface area (Å²) in [6, 6.07) is 9.72. The van der Waals surface area contributed by atoms with E-state index in [1.54, 1.807) is 0 Å². The summed E-state index contributed by atoms with van der Waals surface area (Å²) in [7, 11) is 0. The highest BCUT2D eigenvalue weighted by Gasteiger charge is 2.10. The van der Waals surface area contributed by atoms with E-state index < -0.39 is 0 Å². The van der Waals surface area contributed by atoms with Gasteiger partial charge >= 0.3 is 0 Å². The molecule has 100 valence electrons. The van der Waals surface area contributed by atoms with Gasteiger partial charge in [-0.1, -0.05) is 18.6 Å². The van der Waals surface area contributed by atoms with Crippen molar-refractivity contribution in [2.45, 2.75) is 32.2 Å². The standard InChI is InChI=1S/C15H19N3O/c16-8-7-15(19)17-14-6-4-5-13(11-14)12-18-9-2-1-3-10-18/h4-6,11H,1-3,7,9-10,12H2,(H,17,19). The van der Waals surface area contributed by atoms with E-state index in [-0.39, 0.29) is 12.3 Å². The highest BCUT2D eigenvalue weighted by molar-refractivity contribution is 5.92. The molecule has 1 aromatic rings. The van der Waals surface area contributed by atoms with Crippen molar-refractivity contribution in [3.63, 3.8) is 0 Å². The minimum Gasteiger partial charge on any atom is -0.325 e. The molecular formula is C15H19N3O. The van der Waals surface area contributed by atoms with Gasteiger partial charge in [-0.15, -0.1) is 0 Å². The Kier molecular flexibility index (Phi) is 4.93. The third kappa shape index (κ3) is 4.38. The first-order chi connectivity index (χ1) is 9.28. The van der Waals surface area contributed by atoms with Crippen LogP contribution in [0.25, 0.3) is 0 Å². The molecule has 4 heteroatoms. The summed E-state index contributed by atoms with van der Waals surface area (Å²) in [6.07, 6.45) is 3.79. The van der Waals surface area contributed by atoms with Crippen molar-refractivity contribution in [2.75, 3.05) is 18.4 Å². The number of amides is 1. The summed E-state index contributed by atoms with van der Waals surface area (Å²) >= 11 is 0. The van der Waals surface area contributed by atoms with Gasteiger partial charge in [0, 0.05) is 12.2 Å². The molecule has 0 aromatic heterocycles. The third-order valence-electron chi connectivity index (χ3n) is 3.31. The minimum atomic E-state index is -0.252. The molecule has 2 rings (SSSR count). The van der Waals surface area contributed by atoms with Gasteiger partial charge in [0.2, 0.25) is 5.91 Å². The Morgan fingerprint density at radius 3 is 2.84 bits per heavy atom. The van der Waals surface area contributed by atoms with Gasteiger partial charge in [-0.25, -0.2) is 0 Å². The van der Waals surface area contributed by atoms with Crippen molar-refractivity contribution in [1.29, 1.82) is 5.26 Å². The summed E-state index contributed by atoms with van der Waals surface area (Å²) in [4.78, 5) is 13.8. The van der Waals surface area contributed by atoms with Gasteiger partial charge in [-0.05, 0) is 43.6 Å². The molecule has 1 heterocycles. The molecule has 0 saturated carbocycles. The molecule has 1 fully saturated rings. The summed E-state index contributed by atoms with van der Waals surface area (Å²) < 4.78 is 0. The van der Waals surface area contributed by atoms with Crippen LogP contribution < -0.4 is 5.32 Å². The normalized spacial score (nSPS) is 15.7. The first kappa shape index (κ1) is 13.6. The molecule has 1 amide bonds. The molecule has 4 nitrogen and oxygen atoms in total. The monoisotopic (exact) mass is 257 g/mol. The summed E-state index contributed by atoms with van der Waals surface area (Å²) in [5, 5.41) is 11.2. The van der Waals surface area contributed by atoms with Gasteiger partial charge < -0.3 is 5.32 Å². The topological polar surface area (TPSA) is 56.1 Å². The number of hydrogen-bond donors (Lipinski definition) is 1. The molecule has 0 atom stereocenters. The lowest BCUT2D eigenvalue weighted by Crippen LogP contribution is -2.29. The zero-order valence-electron chi connectivity index (χ0n) is 11.1. The third-order valence-corrected chi connectivity index (χ3v) is 3.31. The Morgan fingerprint density at radius 1 is 1.32 bits per heavy atom. The molecule has 0 aliphatic carbocycles. The van der Waals surface area contributed by atoms with E-state index in [9.17, 15) is 4.79 Å². The number of anilines is 1. The smallest absolute Gasteiger partial charge is 0.238 e. The molecule has 1 aliphatic rings. The van der Waals surface area contributed by atoms with Crippen LogP contribution in [0.3, 0.4) is 0 Å². The highest BCUT2D eigenvalue weighted by atomic mass is 16.1. The first-order valence-electron chi connectivity index (χ1n) is 6.76. The molecular weight excluding hydrogens is 238 g/mol. The summed E-state index contributed by atoms with van der Waals surface area (Å²) in [5.41, 5.74) is 1.98. The molecule has 1 N–H and O–H groups in total. The average molecular weight is 257 g/mol. The van der Waals surface area contributed by atoms with Gasteiger partial charge in [-0.3, -0.25) is 9.69 Å². The Hall–Kier alpha value is -1.86. The van der Waals surface area contributed by atoms with E-state index in [1.807, 2.05) is 24.3 Å². The van der Waals surface area contributed by atoms with Gasteiger partial charge in [-0.2, -0.15) is 5.26 Å². The lowest BCUT2D eigenvalue weighted by atomic mass is 10.1. The van der Waals surface area contributed by atoms with Gasteiger partial charge in [0.25, 0.3) is 0 Å². The molecule has 19 heavy (non-hydrogen) atoms. The van der Waals surface area contributed by atoms with Crippen LogP contribution in [0.5, 0.6) is 0 Å². The van der Waals surface area contributed by atoms with Crippen LogP contribution in [0.15, 0.2) is 24.3 Å². The number of nitrogens with zero attached hydrogens (tertiary/aromatic N) is 2. The Bertz CT molecular complexity index is 473. The SMILES string of the molecule is N#CCC(=O)Nc1cccc(CN2CCCCC2)c1. The van der Waals surface area contributed by atoms with Gasteiger partial charge in [0.15, 0.2) is 0 Å². The predicted molar refractivity (Wildman–Crippen MR) is 74.4 cm³/mol. The van der Waals surface area contributed by atoms with E-state index >= 15 is 0 Å². The number of piperidine rings is 1. The molecule has 0 radical (unpaired) electrons. The lowest BCUT2D eigenvalue weighted by molar-refractivity contribution is -0.115. The largest absolute Gasteiger partial charge is 0.325 e. The average Bonchev–Trinajstić information content (AvgIpc) is 2.40. The van der Waals surface area contributed by atoms with E-state index in [1.165, 1.54) is 24.8 Å². The van der Waals surface area contributed by atoms with Gasteiger partial charge in [0.1, 0.15) is 6.42 Å². The number of carbonyl (C=O) groups excluding carboxylic acids is 1. The van der Waals surface area contributed by atoms with Crippen molar-refractivity contribution < 1.29 is 4.79 Å². The zero-order chi connectivity index (χ0) is 13.5. The number of carbonyl (C=O) groups is 1. The second-order valence-electron chi connectivity index (χ2n) is 4.92. The number of hydrogen-bond acceptors (Lipinski definition) is 3. The van der Waals surface area contributed by atoms with Crippen molar-refractivity contribution in [2.24, 2.45) is 0 Å². The van der Waals surface area contributed by atoms with Crippen LogP contribution in [-0.2, 0) is 11.3 Å². The molecule has 1 aliphatic heterocycles. The van der Waals surface area contributed by atoms with Crippen LogP contribution in [0, 0.1) is 11.3 Å². The summed E-state index contributed by atoms with van der Waals surface area (Å²) in [6.45, 7) is 3.25. The number of likely N-dealkylation sites (tertiary alicyclic amines) is 1. The van der Waals surface area contributed by atoms with E-state index in [4.69, 9.17) is 5.26 Å². The van der Waals surface area contributed by atoms with Crippen molar-refractivity contribution >= 4 is 11.6 Å². The van der Waals surface area contributed by atoms with Gasteiger partial charge in [0.05, 0.1) is 6.07 Å². The second kappa shape index (κ2) is 6.91. The quantitative estimate of drug-likeness (QED) is 0.901. The fourth-order valence-corrected chi connectivity index (χ4v) is 2.40. The van der Waals surface area contributed by atoms with Crippen LogP contribution in [0.4, 0.5) is 5.69 Å². The molecule has 1 saturated heterocycles.